The lowest BCUT2D eigenvalue weighted by molar-refractivity contribution is -0.0936. The lowest BCUT2D eigenvalue weighted by atomic mass is 9.91. The van der Waals surface area contributed by atoms with Crippen molar-refractivity contribution in [3.63, 3.8) is 0 Å². The van der Waals surface area contributed by atoms with Crippen LogP contribution in [0.5, 0.6) is 0 Å². The molecule has 2 aromatic carbocycles. The second-order valence-corrected chi connectivity index (χ2v) is 11.6. The van der Waals surface area contributed by atoms with Crippen LogP contribution in [-0.2, 0) is 16.5 Å². The molecule has 0 bridgehead atoms. The summed E-state index contributed by atoms with van der Waals surface area (Å²) in [5, 5.41) is 5.67. The maximum atomic E-state index is 6.58. The summed E-state index contributed by atoms with van der Waals surface area (Å²) in [6, 6.07) is 10.00. The number of hydrogen-bond donors (Lipinski definition) is 1. The number of halogens is 1. The number of rotatable bonds is 7. The molecule has 3 aromatic heterocycles. The molecule has 8 nitrogen and oxygen atoms in total. The minimum atomic E-state index is -0.367. The number of anilines is 1. The van der Waals surface area contributed by atoms with E-state index in [9.17, 15) is 0 Å². The monoisotopic (exact) mass is 550 g/mol. The molecule has 0 unspecified atom stereocenters. The SMILES string of the molecule is CCOC[C@@H](OC(C)(C)C)c1c(C)cc2nc(-c3cnc4c(n3)c(N)nn4C)sc2c1-c1ccc(Cl)cc1. The fraction of sp³-hybridized carbons (Fsp3) is 0.357. The second-order valence-electron chi connectivity index (χ2n) is 10.2. The summed E-state index contributed by atoms with van der Waals surface area (Å²) in [4.78, 5) is 14.3. The molecule has 0 radical (unpaired) electrons. The number of aromatic nitrogens is 5. The highest BCUT2D eigenvalue weighted by Crippen LogP contribution is 2.44. The number of hydrogen-bond acceptors (Lipinski definition) is 8. The first kappa shape index (κ1) is 26.5. The van der Waals surface area contributed by atoms with Crippen molar-refractivity contribution in [3.05, 3.63) is 52.7 Å². The Hall–Kier alpha value is -3.11. The number of thiazole rings is 1. The van der Waals surface area contributed by atoms with Crippen LogP contribution in [0.3, 0.4) is 0 Å². The van der Waals surface area contributed by atoms with Crippen LogP contribution in [0.15, 0.2) is 36.5 Å². The summed E-state index contributed by atoms with van der Waals surface area (Å²) in [6.45, 7) is 11.3. The van der Waals surface area contributed by atoms with Gasteiger partial charge in [-0.2, -0.15) is 5.10 Å². The molecule has 5 rings (SSSR count). The normalized spacial score (nSPS) is 13.0. The Morgan fingerprint density at radius 1 is 1.16 bits per heavy atom. The first-order valence-electron chi connectivity index (χ1n) is 12.5. The Kier molecular flexibility index (Phi) is 7.13. The van der Waals surface area contributed by atoms with Gasteiger partial charge < -0.3 is 15.2 Å². The number of nitrogens with zero attached hydrogens (tertiary/aromatic N) is 5. The molecule has 5 aromatic rings. The number of fused-ring (bicyclic) bond motifs is 2. The van der Waals surface area contributed by atoms with E-state index in [-0.39, 0.29) is 11.7 Å². The van der Waals surface area contributed by atoms with Crippen LogP contribution in [0.1, 0.15) is 44.9 Å². The Balaban J connectivity index is 1.75. The minimum Gasteiger partial charge on any atom is -0.380 e. The van der Waals surface area contributed by atoms with Crippen LogP contribution >= 0.6 is 22.9 Å². The van der Waals surface area contributed by atoms with Crippen molar-refractivity contribution in [2.75, 3.05) is 18.9 Å². The van der Waals surface area contributed by atoms with Crippen molar-refractivity contribution in [1.29, 1.82) is 0 Å². The van der Waals surface area contributed by atoms with E-state index in [1.54, 1.807) is 29.3 Å². The van der Waals surface area contributed by atoms with Gasteiger partial charge in [0.2, 0.25) is 0 Å². The second kappa shape index (κ2) is 10.2. The largest absolute Gasteiger partial charge is 0.380 e. The molecule has 0 spiro atoms. The molecule has 0 saturated heterocycles. The molecule has 0 fully saturated rings. The van der Waals surface area contributed by atoms with E-state index < -0.39 is 0 Å². The number of benzene rings is 2. The quantitative estimate of drug-likeness (QED) is 0.239. The van der Waals surface area contributed by atoms with Crippen molar-refractivity contribution >= 4 is 50.1 Å². The van der Waals surface area contributed by atoms with Gasteiger partial charge in [0.15, 0.2) is 17.0 Å². The summed E-state index contributed by atoms with van der Waals surface area (Å²) in [5.74, 6) is 0.344. The lowest BCUT2D eigenvalue weighted by Crippen LogP contribution is -2.26. The molecule has 0 saturated carbocycles. The molecule has 10 heteroatoms. The van der Waals surface area contributed by atoms with E-state index in [2.05, 4.69) is 43.8 Å². The van der Waals surface area contributed by atoms with Crippen LogP contribution in [0.2, 0.25) is 5.02 Å². The van der Waals surface area contributed by atoms with Crippen molar-refractivity contribution in [1.82, 2.24) is 24.7 Å². The minimum absolute atomic E-state index is 0.276. The molecule has 0 aliphatic heterocycles. The highest BCUT2D eigenvalue weighted by atomic mass is 35.5. The predicted octanol–water partition coefficient (Wildman–Crippen LogP) is 6.74. The third-order valence-corrected chi connectivity index (χ3v) is 7.49. The summed E-state index contributed by atoms with van der Waals surface area (Å²) >= 11 is 7.83. The highest BCUT2D eigenvalue weighted by molar-refractivity contribution is 7.22. The molecule has 2 N–H and O–H groups in total. The number of nitrogens with two attached hydrogens (primary N) is 1. The summed E-state index contributed by atoms with van der Waals surface area (Å²) in [7, 11) is 1.80. The van der Waals surface area contributed by atoms with E-state index >= 15 is 0 Å². The van der Waals surface area contributed by atoms with Gasteiger partial charge in [-0.3, -0.25) is 0 Å². The number of aryl methyl sites for hydroxylation is 2. The maximum Gasteiger partial charge on any atom is 0.178 e. The van der Waals surface area contributed by atoms with Crippen molar-refractivity contribution < 1.29 is 9.47 Å². The first-order valence-corrected chi connectivity index (χ1v) is 13.7. The van der Waals surface area contributed by atoms with Gasteiger partial charge in [0, 0.05) is 24.2 Å². The van der Waals surface area contributed by atoms with E-state index in [0.717, 1.165) is 37.5 Å². The van der Waals surface area contributed by atoms with Crippen molar-refractivity contribution in [3.8, 4) is 21.8 Å². The van der Waals surface area contributed by atoms with Crippen LogP contribution in [0.25, 0.3) is 43.2 Å². The number of ether oxygens (including phenoxy) is 2. The summed E-state index contributed by atoms with van der Waals surface area (Å²) in [6.07, 6.45) is 1.44. The predicted molar refractivity (Wildman–Crippen MR) is 155 cm³/mol. The maximum absolute atomic E-state index is 6.58. The highest BCUT2D eigenvalue weighted by Gasteiger charge is 2.28. The van der Waals surface area contributed by atoms with E-state index in [1.165, 1.54) is 0 Å². The van der Waals surface area contributed by atoms with Crippen molar-refractivity contribution in [2.45, 2.75) is 46.3 Å². The van der Waals surface area contributed by atoms with Crippen molar-refractivity contribution in [2.24, 2.45) is 7.05 Å². The zero-order valence-electron chi connectivity index (χ0n) is 22.4. The van der Waals surface area contributed by atoms with Gasteiger partial charge in [-0.05, 0) is 69.5 Å². The molecular weight excluding hydrogens is 520 g/mol. The topological polar surface area (TPSA) is 101 Å². The average Bonchev–Trinajstić information content (AvgIpc) is 3.41. The van der Waals surface area contributed by atoms with Gasteiger partial charge in [0.1, 0.15) is 16.8 Å². The van der Waals surface area contributed by atoms with Gasteiger partial charge >= 0.3 is 0 Å². The zero-order valence-corrected chi connectivity index (χ0v) is 23.9. The van der Waals surface area contributed by atoms with Crippen LogP contribution < -0.4 is 5.73 Å². The molecule has 38 heavy (non-hydrogen) atoms. The summed E-state index contributed by atoms with van der Waals surface area (Å²) < 4.78 is 15.1. The van der Waals surface area contributed by atoms with Gasteiger partial charge in [-0.15, -0.1) is 11.3 Å². The molecule has 0 amide bonds. The third-order valence-electron chi connectivity index (χ3n) is 6.13. The molecular formula is C28H31ClN6O2S. The standard InChI is InChI=1S/C28H31ClN6O2S/c1-7-36-14-20(37-28(3,4)5)21-15(2)12-18-24(22(21)16-8-10-17(29)11-9-16)38-27(33-18)19-13-31-26-23(32-19)25(30)34-35(26)6/h8-13,20H,7,14H2,1-6H3,(H2,30,34)/t20-/m1/s1. The molecule has 3 heterocycles. The average molecular weight is 551 g/mol. The smallest absolute Gasteiger partial charge is 0.178 e. The zero-order chi connectivity index (χ0) is 27.2. The van der Waals surface area contributed by atoms with Crippen LogP contribution in [0.4, 0.5) is 5.82 Å². The van der Waals surface area contributed by atoms with Crippen LogP contribution in [-0.4, -0.2) is 43.5 Å². The fourth-order valence-electron chi connectivity index (χ4n) is 4.62. The van der Waals surface area contributed by atoms with E-state index in [4.69, 9.17) is 36.8 Å². The van der Waals surface area contributed by atoms with Gasteiger partial charge in [0.05, 0.1) is 28.6 Å². The lowest BCUT2D eigenvalue weighted by Gasteiger charge is -2.30. The first-order chi connectivity index (χ1) is 18.1. The van der Waals surface area contributed by atoms with Gasteiger partial charge in [-0.25, -0.2) is 19.6 Å². The molecule has 0 aliphatic carbocycles. The molecule has 1 atom stereocenters. The van der Waals surface area contributed by atoms with Crippen LogP contribution in [0, 0.1) is 6.92 Å². The summed E-state index contributed by atoms with van der Waals surface area (Å²) in [5.41, 5.74) is 12.7. The molecule has 0 aliphatic rings. The van der Waals surface area contributed by atoms with Gasteiger partial charge in [0.25, 0.3) is 0 Å². The fourth-order valence-corrected chi connectivity index (χ4v) is 5.82. The number of nitrogen functional groups attached to an aromatic ring is 1. The van der Waals surface area contributed by atoms with E-state index in [1.807, 2.05) is 31.2 Å². The Morgan fingerprint density at radius 2 is 1.89 bits per heavy atom. The Labute approximate surface area is 230 Å². The Bertz CT molecular complexity index is 1620. The molecule has 198 valence electrons. The Morgan fingerprint density at radius 3 is 2.58 bits per heavy atom. The van der Waals surface area contributed by atoms with E-state index in [0.29, 0.717) is 40.9 Å². The third kappa shape index (κ3) is 5.11. The van der Waals surface area contributed by atoms with Gasteiger partial charge in [-0.1, -0.05) is 23.7 Å².